The number of nitrogens with one attached hydrogen (secondary N) is 1. The van der Waals surface area contributed by atoms with Crippen molar-refractivity contribution in [2.45, 2.75) is 6.92 Å². The molecule has 0 saturated carbocycles. The molecule has 0 aliphatic heterocycles. The van der Waals surface area contributed by atoms with Crippen LogP contribution in [0.1, 0.15) is 12.5 Å². The first-order chi connectivity index (χ1) is 8.59. The predicted octanol–water partition coefficient (Wildman–Crippen LogP) is 2.99. The lowest BCUT2D eigenvalue weighted by atomic mass is 10.0. The van der Waals surface area contributed by atoms with Crippen molar-refractivity contribution in [2.75, 3.05) is 0 Å². The molecule has 0 heterocycles. The number of rotatable bonds is 2. The van der Waals surface area contributed by atoms with E-state index in [1.165, 1.54) is 0 Å². The van der Waals surface area contributed by atoms with Crippen LogP contribution in [-0.2, 0) is 0 Å². The third-order valence-electron chi connectivity index (χ3n) is 2.59. The van der Waals surface area contributed by atoms with Crippen LogP contribution >= 0.6 is 15.9 Å². The van der Waals surface area contributed by atoms with Crippen LogP contribution in [0.15, 0.2) is 46.0 Å². The lowest BCUT2D eigenvalue weighted by Crippen LogP contribution is -2.25. The number of fused-ring (bicyclic) bond motifs is 1. The Hall–Kier alpha value is -1.88. The molecular formula is C13H12BrN3O. The van der Waals surface area contributed by atoms with E-state index in [1.807, 2.05) is 43.3 Å². The van der Waals surface area contributed by atoms with Gasteiger partial charge in [0, 0.05) is 10.0 Å². The number of nitrogens with two attached hydrogens (primary N) is 1. The minimum Gasteiger partial charge on any atom is -0.350 e. The lowest BCUT2D eigenvalue weighted by molar-refractivity contribution is 0.249. The summed E-state index contributed by atoms with van der Waals surface area (Å²) in [6.07, 6.45) is 0. The van der Waals surface area contributed by atoms with Crippen molar-refractivity contribution in [3.05, 3.63) is 46.4 Å². The fourth-order valence-electron chi connectivity index (χ4n) is 1.78. The number of nitrogens with zero attached hydrogens (tertiary/aromatic N) is 1. The Labute approximate surface area is 113 Å². The highest BCUT2D eigenvalue weighted by Gasteiger charge is 2.06. The summed E-state index contributed by atoms with van der Waals surface area (Å²) in [5.41, 5.74) is 8.90. The van der Waals surface area contributed by atoms with Gasteiger partial charge in [-0.25, -0.2) is 10.2 Å². The fourth-order valence-corrected chi connectivity index (χ4v) is 2.25. The van der Waals surface area contributed by atoms with E-state index in [0.717, 1.165) is 20.8 Å². The second kappa shape index (κ2) is 5.18. The zero-order chi connectivity index (χ0) is 13.1. The van der Waals surface area contributed by atoms with E-state index in [9.17, 15) is 4.79 Å². The Morgan fingerprint density at radius 2 is 1.89 bits per heavy atom. The second-order valence-electron chi connectivity index (χ2n) is 3.81. The maximum Gasteiger partial charge on any atom is 0.332 e. The highest BCUT2D eigenvalue weighted by Crippen LogP contribution is 2.27. The second-order valence-corrected chi connectivity index (χ2v) is 4.67. The first-order valence-corrected chi connectivity index (χ1v) is 6.16. The average molecular weight is 306 g/mol. The SMILES string of the molecule is C/C(=N\NC(N)=O)c1ccc(Br)c2ccccc12. The van der Waals surface area contributed by atoms with Gasteiger partial charge in [0.05, 0.1) is 5.71 Å². The summed E-state index contributed by atoms with van der Waals surface area (Å²) in [5.74, 6) is 0. The van der Waals surface area contributed by atoms with Gasteiger partial charge in [-0.3, -0.25) is 0 Å². The number of halogens is 1. The topological polar surface area (TPSA) is 67.5 Å². The molecule has 0 fully saturated rings. The minimum atomic E-state index is -0.671. The summed E-state index contributed by atoms with van der Waals surface area (Å²) in [6.45, 7) is 1.83. The third kappa shape index (κ3) is 2.51. The molecule has 0 aromatic heterocycles. The molecule has 2 aromatic carbocycles. The van der Waals surface area contributed by atoms with Crippen molar-refractivity contribution in [1.82, 2.24) is 5.43 Å². The van der Waals surface area contributed by atoms with Gasteiger partial charge in [0.1, 0.15) is 0 Å². The van der Waals surface area contributed by atoms with Crippen molar-refractivity contribution in [1.29, 1.82) is 0 Å². The average Bonchev–Trinajstić information content (AvgIpc) is 2.37. The number of carbonyl (C=O) groups excluding carboxylic acids is 1. The van der Waals surface area contributed by atoms with E-state index in [0.29, 0.717) is 5.71 Å². The first-order valence-electron chi connectivity index (χ1n) is 5.37. The molecule has 0 bridgehead atoms. The van der Waals surface area contributed by atoms with Crippen LogP contribution in [-0.4, -0.2) is 11.7 Å². The van der Waals surface area contributed by atoms with Crippen molar-refractivity contribution in [3.63, 3.8) is 0 Å². The van der Waals surface area contributed by atoms with Gasteiger partial charge in [-0.1, -0.05) is 46.3 Å². The lowest BCUT2D eigenvalue weighted by Gasteiger charge is -2.07. The number of hydrogen-bond donors (Lipinski definition) is 2. The zero-order valence-electron chi connectivity index (χ0n) is 9.77. The van der Waals surface area contributed by atoms with Crippen LogP contribution in [0.25, 0.3) is 10.8 Å². The number of primary amides is 1. The highest BCUT2D eigenvalue weighted by molar-refractivity contribution is 9.10. The van der Waals surface area contributed by atoms with Crippen molar-refractivity contribution >= 4 is 38.4 Å². The van der Waals surface area contributed by atoms with Gasteiger partial charge < -0.3 is 5.73 Å². The summed E-state index contributed by atoms with van der Waals surface area (Å²) in [5, 5.41) is 6.12. The molecule has 5 heteroatoms. The summed E-state index contributed by atoms with van der Waals surface area (Å²) in [7, 11) is 0. The fraction of sp³-hybridized carbons (Fsp3) is 0.0769. The normalized spacial score (nSPS) is 11.6. The number of benzene rings is 2. The Morgan fingerprint density at radius 3 is 2.56 bits per heavy atom. The van der Waals surface area contributed by atoms with Crippen molar-refractivity contribution in [2.24, 2.45) is 10.8 Å². The quantitative estimate of drug-likeness (QED) is 0.650. The highest BCUT2D eigenvalue weighted by atomic mass is 79.9. The van der Waals surface area contributed by atoms with E-state index in [2.05, 4.69) is 26.5 Å². The zero-order valence-corrected chi connectivity index (χ0v) is 11.4. The molecule has 0 saturated heterocycles. The molecule has 18 heavy (non-hydrogen) atoms. The molecular weight excluding hydrogens is 294 g/mol. The van der Waals surface area contributed by atoms with E-state index >= 15 is 0 Å². The maximum absolute atomic E-state index is 10.6. The Kier molecular flexibility index (Phi) is 3.62. The van der Waals surface area contributed by atoms with E-state index in [1.54, 1.807) is 0 Å². The molecule has 3 N–H and O–H groups in total. The molecule has 0 radical (unpaired) electrons. The minimum absolute atomic E-state index is 0.671. The standard InChI is InChI=1S/C13H12BrN3O/c1-8(16-17-13(15)18)9-6-7-12(14)11-5-3-2-4-10(9)11/h2-7H,1H3,(H3,15,17,18)/b16-8+. The van der Waals surface area contributed by atoms with Crippen LogP contribution in [0, 0.1) is 0 Å². The summed E-state index contributed by atoms with van der Waals surface area (Å²) < 4.78 is 1.03. The van der Waals surface area contributed by atoms with Crippen LogP contribution in [0.2, 0.25) is 0 Å². The van der Waals surface area contributed by atoms with Crippen molar-refractivity contribution < 1.29 is 4.79 Å². The van der Waals surface area contributed by atoms with E-state index < -0.39 is 6.03 Å². The Morgan fingerprint density at radius 1 is 1.22 bits per heavy atom. The van der Waals surface area contributed by atoms with Gasteiger partial charge in [0.2, 0.25) is 0 Å². The summed E-state index contributed by atoms with van der Waals surface area (Å²) in [6, 6.07) is 11.2. The number of hydrazone groups is 1. The molecule has 0 spiro atoms. The van der Waals surface area contributed by atoms with Crippen LogP contribution in [0.3, 0.4) is 0 Å². The first kappa shape index (κ1) is 12.6. The molecule has 0 aliphatic rings. The Bertz CT molecular complexity index is 637. The number of carbonyl (C=O) groups is 1. The molecule has 0 atom stereocenters. The van der Waals surface area contributed by atoms with Crippen LogP contribution in [0.5, 0.6) is 0 Å². The smallest absolute Gasteiger partial charge is 0.332 e. The number of amides is 2. The molecule has 2 rings (SSSR count). The van der Waals surface area contributed by atoms with Crippen LogP contribution < -0.4 is 11.2 Å². The van der Waals surface area contributed by atoms with Gasteiger partial charge in [0.25, 0.3) is 0 Å². The van der Waals surface area contributed by atoms with Gasteiger partial charge in [-0.05, 0) is 23.8 Å². The van der Waals surface area contributed by atoms with Crippen LogP contribution in [0.4, 0.5) is 4.79 Å². The molecule has 92 valence electrons. The summed E-state index contributed by atoms with van der Waals surface area (Å²) in [4.78, 5) is 10.6. The predicted molar refractivity (Wildman–Crippen MR) is 76.6 cm³/mol. The van der Waals surface area contributed by atoms with Gasteiger partial charge in [0.15, 0.2) is 0 Å². The summed E-state index contributed by atoms with van der Waals surface area (Å²) >= 11 is 3.51. The van der Waals surface area contributed by atoms with E-state index in [-0.39, 0.29) is 0 Å². The number of urea groups is 1. The molecule has 2 aromatic rings. The van der Waals surface area contributed by atoms with Crippen molar-refractivity contribution in [3.8, 4) is 0 Å². The van der Waals surface area contributed by atoms with Gasteiger partial charge >= 0.3 is 6.03 Å². The van der Waals surface area contributed by atoms with E-state index in [4.69, 9.17) is 5.73 Å². The largest absolute Gasteiger partial charge is 0.350 e. The Balaban J connectivity index is 2.55. The molecule has 2 amide bonds. The van der Waals surface area contributed by atoms with Gasteiger partial charge in [-0.15, -0.1) is 0 Å². The number of hydrogen-bond acceptors (Lipinski definition) is 2. The molecule has 0 aliphatic carbocycles. The molecule has 4 nitrogen and oxygen atoms in total. The molecule has 0 unspecified atom stereocenters. The third-order valence-corrected chi connectivity index (χ3v) is 3.29. The maximum atomic E-state index is 10.6. The monoisotopic (exact) mass is 305 g/mol. The van der Waals surface area contributed by atoms with Gasteiger partial charge in [-0.2, -0.15) is 5.10 Å².